The number of hydrogen-bond acceptors (Lipinski definition) is 5. The van der Waals surface area contributed by atoms with Gasteiger partial charge < -0.3 is 20.5 Å². The highest BCUT2D eigenvalue weighted by molar-refractivity contribution is 7.99. The maximum atomic E-state index is 11.6. The molecule has 0 aromatic heterocycles. The number of amides is 1. The molecule has 0 aliphatic carbocycles. The van der Waals surface area contributed by atoms with Gasteiger partial charge in [-0.15, -0.1) is 11.8 Å². The molecule has 6 heteroatoms. The molecule has 20 heavy (non-hydrogen) atoms. The Morgan fingerprint density at radius 3 is 2.90 bits per heavy atom. The third-order valence-electron chi connectivity index (χ3n) is 2.87. The monoisotopic (exact) mass is 296 g/mol. The summed E-state index contributed by atoms with van der Waals surface area (Å²) in [6.45, 7) is 3.53. The van der Waals surface area contributed by atoms with E-state index >= 15 is 0 Å². The lowest BCUT2D eigenvalue weighted by Crippen LogP contribution is -2.37. The van der Waals surface area contributed by atoms with Crippen molar-refractivity contribution in [1.82, 2.24) is 5.32 Å². The van der Waals surface area contributed by atoms with E-state index in [0.29, 0.717) is 26.2 Å². The molecular formula is C14H20N2O3S. The average molecular weight is 296 g/mol. The van der Waals surface area contributed by atoms with Gasteiger partial charge in [0.25, 0.3) is 0 Å². The van der Waals surface area contributed by atoms with Gasteiger partial charge in [-0.2, -0.15) is 0 Å². The number of nitrogens with two attached hydrogens (primary N) is 1. The second kappa shape index (κ2) is 7.40. The number of nitrogens with one attached hydrogen (secondary N) is 1. The van der Waals surface area contributed by atoms with E-state index < -0.39 is 0 Å². The van der Waals surface area contributed by atoms with Crippen LogP contribution in [0.4, 0.5) is 0 Å². The van der Waals surface area contributed by atoms with E-state index in [-0.39, 0.29) is 11.9 Å². The number of ether oxygens (including phenoxy) is 2. The van der Waals surface area contributed by atoms with Crippen LogP contribution >= 0.6 is 11.8 Å². The van der Waals surface area contributed by atoms with Gasteiger partial charge in [0.2, 0.25) is 5.91 Å². The van der Waals surface area contributed by atoms with Crippen molar-refractivity contribution in [3.8, 4) is 11.5 Å². The fraction of sp³-hybridized carbons (Fsp3) is 0.500. The second-order valence-electron chi connectivity index (χ2n) is 4.61. The molecule has 1 aromatic rings. The fourth-order valence-corrected chi connectivity index (χ4v) is 2.66. The molecular weight excluding hydrogens is 276 g/mol. The number of hydrogen-bond donors (Lipinski definition) is 2. The SMILES string of the molecule is C[C@@H](CN)NC(=O)CCSc1ccc2c(c1)OCCO2. The smallest absolute Gasteiger partial charge is 0.221 e. The van der Waals surface area contributed by atoms with Crippen LogP contribution in [0.25, 0.3) is 0 Å². The molecule has 0 saturated carbocycles. The molecule has 1 aromatic carbocycles. The first-order valence-corrected chi connectivity index (χ1v) is 7.69. The molecule has 1 amide bonds. The Morgan fingerprint density at radius 1 is 1.40 bits per heavy atom. The van der Waals surface area contributed by atoms with Gasteiger partial charge in [0, 0.05) is 29.7 Å². The minimum absolute atomic E-state index is 0.0294. The molecule has 3 N–H and O–H groups in total. The lowest BCUT2D eigenvalue weighted by Gasteiger charge is -2.18. The van der Waals surface area contributed by atoms with Crippen LogP contribution in [0.5, 0.6) is 11.5 Å². The van der Waals surface area contributed by atoms with Crippen molar-refractivity contribution in [2.24, 2.45) is 5.73 Å². The molecule has 2 rings (SSSR count). The van der Waals surface area contributed by atoms with E-state index in [1.54, 1.807) is 11.8 Å². The number of thioether (sulfide) groups is 1. The van der Waals surface area contributed by atoms with Crippen molar-refractivity contribution in [3.63, 3.8) is 0 Å². The molecule has 0 saturated heterocycles. The van der Waals surface area contributed by atoms with E-state index in [0.717, 1.165) is 22.1 Å². The summed E-state index contributed by atoms with van der Waals surface area (Å²) in [5, 5.41) is 2.84. The van der Waals surface area contributed by atoms with Gasteiger partial charge in [-0.05, 0) is 25.1 Å². The van der Waals surface area contributed by atoms with E-state index in [1.165, 1.54) is 0 Å². The zero-order chi connectivity index (χ0) is 14.4. The van der Waals surface area contributed by atoms with Crippen LogP contribution < -0.4 is 20.5 Å². The summed E-state index contributed by atoms with van der Waals surface area (Å²) in [5.41, 5.74) is 5.46. The van der Waals surface area contributed by atoms with Gasteiger partial charge in [0.1, 0.15) is 13.2 Å². The van der Waals surface area contributed by atoms with E-state index in [2.05, 4.69) is 5.32 Å². The first-order valence-electron chi connectivity index (χ1n) is 6.71. The lowest BCUT2D eigenvalue weighted by atomic mass is 10.3. The summed E-state index contributed by atoms with van der Waals surface area (Å²) in [4.78, 5) is 12.7. The number of benzene rings is 1. The van der Waals surface area contributed by atoms with Crippen molar-refractivity contribution in [3.05, 3.63) is 18.2 Å². The van der Waals surface area contributed by atoms with Crippen molar-refractivity contribution in [2.75, 3.05) is 25.5 Å². The van der Waals surface area contributed by atoms with Gasteiger partial charge in [0.15, 0.2) is 11.5 Å². The zero-order valence-corrected chi connectivity index (χ0v) is 12.4. The predicted octanol–water partition coefficient (Wildman–Crippen LogP) is 1.40. The van der Waals surface area contributed by atoms with Gasteiger partial charge in [-0.3, -0.25) is 4.79 Å². The molecule has 0 fully saturated rings. The molecule has 5 nitrogen and oxygen atoms in total. The predicted molar refractivity (Wildman–Crippen MR) is 79.4 cm³/mol. The number of fused-ring (bicyclic) bond motifs is 1. The van der Waals surface area contributed by atoms with Gasteiger partial charge >= 0.3 is 0 Å². The summed E-state index contributed by atoms with van der Waals surface area (Å²) in [5.74, 6) is 2.33. The normalized spacial score (nSPS) is 14.7. The Bertz CT molecular complexity index is 468. The van der Waals surface area contributed by atoms with Crippen molar-refractivity contribution < 1.29 is 14.3 Å². The number of rotatable bonds is 6. The Kier molecular flexibility index (Phi) is 5.55. The second-order valence-corrected chi connectivity index (χ2v) is 5.78. The Balaban J connectivity index is 1.78. The van der Waals surface area contributed by atoms with E-state index in [9.17, 15) is 4.79 Å². The van der Waals surface area contributed by atoms with Gasteiger partial charge in [-0.1, -0.05) is 0 Å². The molecule has 0 spiro atoms. The molecule has 1 aliphatic rings. The van der Waals surface area contributed by atoms with E-state index in [1.807, 2.05) is 25.1 Å². The summed E-state index contributed by atoms with van der Waals surface area (Å²) in [7, 11) is 0. The fourth-order valence-electron chi connectivity index (χ4n) is 1.78. The summed E-state index contributed by atoms with van der Waals surface area (Å²) >= 11 is 1.63. The van der Waals surface area contributed by atoms with Crippen LogP contribution in [-0.4, -0.2) is 37.5 Å². The summed E-state index contributed by atoms with van der Waals surface area (Å²) < 4.78 is 11.0. The quantitative estimate of drug-likeness (QED) is 0.776. The summed E-state index contributed by atoms with van der Waals surface area (Å²) in [6, 6.07) is 5.88. The molecule has 0 bridgehead atoms. The minimum atomic E-state index is 0.0294. The van der Waals surface area contributed by atoms with Crippen LogP contribution in [0.2, 0.25) is 0 Å². The molecule has 110 valence electrons. The zero-order valence-electron chi connectivity index (χ0n) is 11.6. The lowest BCUT2D eigenvalue weighted by molar-refractivity contribution is -0.121. The van der Waals surface area contributed by atoms with Crippen LogP contribution in [0.1, 0.15) is 13.3 Å². The maximum absolute atomic E-state index is 11.6. The van der Waals surface area contributed by atoms with Crippen LogP contribution in [0.3, 0.4) is 0 Å². The number of carbonyl (C=O) groups excluding carboxylic acids is 1. The Morgan fingerprint density at radius 2 is 2.15 bits per heavy atom. The molecule has 1 heterocycles. The third kappa shape index (κ3) is 4.31. The van der Waals surface area contributed by atoms with Crippen LogP contribution in [0, 0.1) is 0 Å². The van der Waals surface area contributed by atoms with Gasteiger partial charge in [-0.25, -0.2) is 0 Å². The van der Waals surface area contributed by atoms with Crippen molar-refractivity contribution in [2.45, 2.75) is 24.3 Å². The minimum Gasteiger partial charge on any atom is -0.486 e. The first-order chi connectivity index (χ1) is 9.69. The number of carbonyl (C=O) groups is 1. The highest BCUT2D eigenvalue weighted by atomic mass is 32.2. The molecule has 0 radical (unpaired) electrons. The third-order valence-corrected chi connectivity index (χ3v) is 3.87. The molecule has 0 unspecified atom stereocenters. The average Bonchev–Trinajstić information content (AvgIpc) is 2.47. The van der Waals surface area contributed by atoms with Crippen LogP contribution in [0.15, 0.2) is 23.1 Å². The van der Waals surface area contributed by atoms with Gasteiger partial charge in [0.05, 0.1) is 0 Å². The molecule has 1 aliphatic heterocycles. The largest absolute Gasteiger partial charge is 0.486 e. The highest BCUT2D eigenvalue weighted by Gasteiger charge is 2.12. The van der Waals surface area contributed by atoms with E-state index in [4.69, 9.17) is 15.2 Å². The molecule has 1 atom stereocenters. The topological polar surface area (TPSA) is 73.6 Å². The summed E-state index contributed by atoms with van der Waals surface area (Å²) in [6.07, 6.45) is 0.476. The Labute approximate surface area is 123 Å². The van der Waals surface area contributed by atoms with Crippen molar-refractivity contribution in [1.29, 1.82) is 0 Å². The first kappa shape index (κ1) is 15.0. The Hall–Kier alpha value is -1.40. The standard InChI is InChI=1S/C14H20N2O3S/c1-10(9-15)16-14(17)4-7-20-11-2-3-12-13(8-11)19-6-5-18-12/h2-3,8,10H,4-7,9,15H2,1H3,(H,16,17)/t10-/m0/s1. The van der Waals surface area contributed by atoms with Crippen LogP contribution in [-0.2, 0) is 4.79 Å². The maximum Gasteiger partial charge on any atom is 0.221 e. The highest BCUT2D eigenvalue weighted by Crippen LogP contribution is 2.34. The van der Waals surface area contributed by atoms with Crippen molar-refractivity contribution >= 4 is 17.7 Å².